The molecule has 0 aliphatic rings. The van der Waals surface area contributed by atoms with Gasteiger partial charge in [-0.15, -0.1) is 5.10 Å². The smallest absolute Gasteiger partial charge is 0.278 e. The van der Waals surface area contributed by atoms with Gasteiger partial charge in [0.2, 0.25) is 0 Å². The van der Waals surface area contributed by atoms with Gasteiger partial charge in [0.15, 0.2) is 5.69 Å². The first-order chi connectivity index (χ1) is 12.0. The van der Waals surface area contributed by atoms with Crippen molar-refractivity contribution in [2.45, 2.75) is 13.8 Å². The van der Waals surface area contributed by atoms with Gasteiger partial charge in [0.25, 0.3) is 5.91 Å². The van der Waals surface area contributed by atoms with Crippen LogP contribution in [-0.2, 0) is 0 Å². The Hall–Kier alpha value is -2.86. The third-order valence-corrected chi connectivity index (χ3v) is 4.11. The number of benzene rings is 2. The second-order valence-electron chi connectivity index (χ2n) is 5.54. The van der Waals surface area contributed by atoms with Crippen LogP contribution < -0.4 is 10.1 Å². The summed E-state index contributed by atoms with van der Waals surface area (Å²) in [6, 6.07) is 12.8. The largest absolute Gasteiger partial charge is 0.495 e. The average Bonchev–Trinajstić information content (AvgIpc) is 2.99. The van der Waals surface area contributed by atoms with Gasteiger partial charge in [-0.25, -0.2) is 4.68 Å². The summed E-state index contributed by atoms with van der Waals surface area (Å²) in [5.74, 6) is 0.208. The topological polar surface area (TPSA) is 69.0 Å². The number of rotatable bonds is 4. The number of methoxy groups -OCH3 is 1. The maximum Gasteiger partial charge on any atom is 0.278 e. The molecule has 0 spiro atoms. The van der Waals surface area contributed by atoms with E-state index in [0.717, 1.165) is 5.56 Å². The molecule has 1 N–H and O–H groups in total. The Morgan fingerprint density at radius 2 is 1.96 bits per heavy atom. The summed E-state index contributed by atoms with van der Waals surface area (Å²) in [5, 5.41) is 11.4. The molecule has 0 atom stereocenters. The van der Waals surface area contributed by atoms with Crippen LogP contribution in [0.25, 0.3) is 5.69 Å². The van der Waals surface area contributed by atoms with Crippen molar-refractivity contribution in [2.75, 3.05) is 12.4 Å². The SMILES string of the molecule is COc1ccccc1NC(=O)c1nnn(-c2cc(C)ccc2Cl)c1C. The van der Waals surface area contributed by atoms with Crippen molar-refractivity contribution >= 4 is 23.2 Å². The lowest BCUT2D eigenvalue weighted by atomic mass is 10.2. The summed E-state index contributed by atoms with van der Waals surface area (Å²) in [6.07, 6.45) is 0. The van der Waals surface area contributed by atoms with Crippen LogP contribution in [0.1, 0.15) is 21.7 Å². The van der Waals surface area contributed by atoms with Crippen molar-refractivity contribution in [3.63, 3.8) is 0 Å². The van der Waals surface area contributed by atoms with Gasteiger partial charge in [-0.3, -0.25) is 4.79 Å². The van der Waals surface area contributed by atoms with Gasteiger partial charge in [-0.2, -0.15) is 0 Å². The lowest BCUT2D eigenvalue weighted by Crippen LogP contribution is -2.14. The minimum Gasteiger partial charge on any atom is -0.495 e. The van der Waals surface area contributed by atoms with E-state index in [0.29, 0.717) is 27.8 Å². The monoisotopic (exact) mass is 356 g/mol. The van der Waals surface area contributed by atoms with E-state index in [9.17, 15) is 4.79 Å². The zero-order valence-corrected chi connectivity index (χ0v) is 14.8. The number of hydrogen-bond donors (Lipinski definition) is 1. The molecule has 128 valence electrons. The predicted molar refractivity (Wildman–Crippen MR) is 96.8 cm³/mol. The second kappa shape index (κ2) is 6.94. The Morgan fingerprint density at radius 3 is 2.72 bits per heavy atom. The molecule has 0 radical (unpaired) electrons. The summed E-state index contributed by atoms with van der Waals surface area (Å²) in [5.41, 5.74) is 3.11. The molecule has 0 fully saturated rings. The van der Waals surface area contributed by atoms with E-state index in [2.05, 4.69) is 15.6 Å². The molecule has 3 aromatic rings. The van der Waals surface area contributed by atoms with E-state index in [-0.39, 0.29) is 11.6 Å². The number of aromatic nitrogens is 3. The van der Waals surface area contributed by atoms with Crippen molar-refractivity contribution in [1.29, 1.82) is 0 Å². The van der Waals surface area contributed by atoms with Crippen molar-refractivity contribution in [3.05, 3.63) is 64.4 Å². The summed E-state index contributed by atoms with van der Waals surface area (Å²) in [7, 11) is 1.55. The normalized spacial score (nSPS) is 10.6. The Labute approximate surface area is 150 Å². The fraction of sp³-hybridized carbons (Fsp3) is 0.167. The molecular formula is C18H17ClN4O2. The molecule has 0 saturated heterocycles. The fourth-order valence-electron chi connectivity index (χ4n) is 2.48. The van der Waals surface area contributed by atoms with Gasteiger partial charge >= 0.3 is 0 Å². The van der Waals surface area contributed by atoms with Crippen LogP contribution in [-0.4, -0.2) is 28.0 Å². The summed E-state index contributed by atoms with van der Waals surface area (Å²) < 4.78 is 6.80. The van der Waals surface area contributed by atoms with Crippen molar-refractivity contribution < 1.29 is 9.53 Å². The van der Waals surface area contributed by atoms with Gasteiger partial charge in [-0.1, -0.05) is 35.0 Å². The molecule has 7 heteroatoms. The number of para-hydroxylation sites is 2. The van der Waals surface area contributed by atoms with E-state index in [1.165, 1.54) is 0 Å². The number of carbonyl (C=O) groups excluding carboxylic acids is 1. The standard InChI is InChI=1S/C18H17ClN4O2/c1-11-8-9-13(19)15(10-11)23-12(2)17(21-22-23)18(24)20-14-6-4-5-7-16(14)25-3/h4-10H,1-3H3,(H,20,24). The maximum absolute atomic E-state index is 12.6. The Balaban J connectivity index is 1.93. The molecule has 0 saturated carbocycles. The zero-order valence-electron chi connectivity index (χ0n) is 14.1. The van der Waals surface area contributed by atoms with Crippen LogP contribution >= 0.6 is 11.6 Å². The van der Waals surface area contributed by atoms with Crippen LogP contribution in [0.3, 0.4) is 0 Å². The Bertz CT molecular complexity index is 937. The third-order valence-electron chi connectivity index (χ3n) is 3.79. The van der Waals surface area contributed by atoms with Crippen LogP contribution in [0.15, 0.2) is 42.5 Å². The number of nitrogens with zero attached hydrogens (tertiary/aromatic N) is 3. The second-order valence-corrected chi connectivity index (χ2v) is 5.95. The third kappa shape index (κ3) is 3.34. The minimum absolute atomic E-state index is 0.225. The van der Waals surface area contributed by atoms with E-state index < -0.39 is 0 Å². The lowest BCUT2D eigenvalue weighted by molar-refractivity contribution is 0.102. The highest BCUT2D eigenvalue weighted by Crippen LogP contribution is 2.25. The first-order valence-electron chi connectivity index (χ1n) is 7.64. The lowest BCUT2D eigenvalue weighted by Gasteiger charge is -2.09. The van der Waals surface area contributed by atoms with Gasteiger partial charge < -0.3 is 10.1 Å². The number of hydrogen-bond acceptors (Lipinski definition) is 4. The first kappa shape index (κ1) is 17.0. The van der Waals surface area contributed by atoms with Gasteiger partial charge in [0.05, 0.1) is 29.2 Å². The van der Waals surface area contributed by atoms with E-state index in [4.69, 9.17) is 16.3 Å². The minimum atomic E-state index is -0.364. The molecule has 2 aromatic carbocycles. The van der Waals surface area contributed by atoms with Crippen molar-refractivity contribution in [3.8, 4) is 11.4 Å². The number of carbonyl (C=O) groups is 1. The summed E-state index contributed by atoms with van der Waals surface area (Å²) >= 11 is 6.26. The predicted octanol–water partition coefficient (Wildman–Crippen LogP) is 3.80. The fourth-order valence-corrected chi connectivity index (χ4v) is 2.68. The summed E-state index contributed by atoms with van der Waals surface area (Å²) in [6.45, 7) is 3.73. The maximum atomic E-state index is 12.6. The number of nitrogens with one attached hydrogen (secondary N) is 1. The van der Waals surface area contributed by atoms with Crippen LogP contribution in [0, 0.1) is 13.8 Å². The van der Waals surface area contributed by atoms with E-state index >= 15 is 0 Å². The molecule has 1 heterocycles. The van der Waals surface area contributed by atoms with Crippen LogP contribution in [0.4, 0.5) is 5.69 Å². The summed E-state index contributed by atoms with van der Waals surface area (Å²) in [4.78, 5) is 12.6. The zero-order chi connectivity index (χ0) is 18.0. The molecule has 6 nitrogen and oxygen atoms in total. The van der Waals surface area contributed by atoms with Gasteiger partial charge in [0.1, 0.15) is 5.75 Å². The van der Waals surface area contributed by atoms with Gasteiger partial charge in [-0.05, 0) is 43.7 Å². The van der Waals surface area contributed by atoms with E-state index in [1.54, 1.807) is 36.9 Å². The number of amides is 1. The van der Waals surface area contributed by atoms with Crippen molar-refractivity contribution in [1.82, 2.24) is 15.0 Å². The molecule has 0 aliphatic heterocycles. The molecule has 1 aromatic heterocycles. The molecule has 0 unspecified atom stereocenters. The molecular weight excluding hydrogens is 340 g/mol. The number of aryl methyl sites for hydroxylation is 1. The molecule has 3 rings (SSSR count). The van der Waals surface area contributed by atoms with Gasteiger partial charge in [0, 0.05) is 0 Å². The number of ether oxygens (including phenoxy) is 1. The highest BCUT2D eigenvalue weighted by atomic mass is 35.5. The quantitative estimate of drug-likeness (QED) is 0.772. The Morgan fingerprint density at radius 1 is 1.20 bits per heavy atom. The van der Waals surface area contributed by atoms with E-state index in [1.807, 2.05) is 31.2 Å². The average molecular weight is 357 g/mol. The van der Waals surface area contributed by atoms with Crippen LogP contribution in [0.5, 0.6) is 5.75 Å². The highest BCUT2D eigenvalue weighted by molar-refractivity contribution is 6.32. The molecule has 0 aliphatic carbocycles. The molecule has 25 heavy (non-hydrogen) atoms. The number of anilines is 1. The Kier molecular flexibility index (Phi) is 4.72. The molecule has 1 amide bonds. The van der Waals surface area contributed by atoms with Crippen LogP contribution in [0.2, 0.25) is 5.02 Å². The molecule has 0 bridgehead atoms. The van der Waals surface area contributed by atoms with Crippen molar-refractivity contribution in [2.24, 2.45) is 0 Å². The number of halogens is 1. The first-order valence-corrected chi connectivity index (χ1v) is 8.02. The highest BCUT2D eigenvalue weighted by Gasteiger charge is 2.19.